The number of guanidine groups is 1. The number of fused-ring (bicyclic) bond motifs is 2. The van der Waals surface area contributed by atoms with Gasteiger partial charge in [0.15, 0.2) is 5.96 Å². The number of hydrogen-bond acceptors (Lipinski definition) is 3. The van der Waals surface area contributed by atoms with Crippen LogP contribution < -0.4 is 15.4 Å². The third-order valence-corrected chi connectivity index (χ3v) is 4.40. The summed E-state index contributed by atoms with van der Waals surface area (Å²) in [5.74, 6) is 1.77. The van der Waals surface area contributed by atoms with Crippen molar-refractivity contribution in [3.8, 4) is 5.75 Å². The molecule has 134 valence electrons. The molecule has 3 rings (SSSR count). The van der Waals surface area contributed by atoms with Gasteiger partial charge in [-0.25, -0.2) is 4.99 Å². The highest BCUT2D eigenvalue weighted by molar-refractivity contribution is 14.0. The van der Waals surface area contributed by atoms with Crippen molar-refractivity contribution in [2.24, 2.45) is 4.99 Å². The minimum atomic E-state index is 0. The summed E-state index contributed by atoms with van der Waals surface area (Å²) in [6, 6.07) is 8.52. The molecular formula is C18H28IN3O2. The van der Waals surface area contributed by atoms with E-state index in [1.54, 1.807) is 0 Å². The monoisotopic (exact) mass is 445 g/mol. The van der Waals surface area contributed by atoms with E-state index < -0.39 is 0 Å². The Morgan fingerprint density at radius 3 is 2.88 bits per heavy atom. The first kappa shape index (κ1) is 19.3. The topological polar surface area (TPSA) is 54.9 Å². The summed E-state index contributed by atoms with van der Waals surface area (Å²) >= 11 is 0. The zero-order valence-corrected chi connectivity index (χ0v) is 16.8. The molecule has 24 heavy (non-hydrogen) atoms. The van der Waals surface area contributed by atoms with Crippen molar-refractivity contribution in [2.75, 3.05) is 13.2 Å². The summed E-state index contributed by atoms with van der Waals surface area (Å²) in [6.45, 7) is 6.26. The average Bonchev–Trinajstić information content (AvgIpc) is 3.16. The molecule has 2 N–H and O–H groups in total. The number of halogens is 1. The zero-order chi connectivity index (χ0) is 16.1. The van der Waals surface area contributed by atoms with Gasteiger partial charge in [-0.3, -0.25) is 0 Å². The first-order valence-corrected chi connectivity index (χ1v) is 8.70. The van der Waals surface area contributed by atoms with Gasteiger partial charge in [0.25, 0.3) is 0 Å². The molecule has 0 spiro atoms. The smallest absolute Gasteiger partial charge is 0.191 e. The summed E-state index contributed by atoms with van der Waals surface area (Å²) < 4.78 is 11.5. The second kappa shape index (κ2) is 9.46. The molecule has 0 aromatic heterocycles. The van der Waals surface area contributed by atoms with Crippen molar-refractivity contribution >= 4 is 29.9 Å². The number of aliphatic imine (C=N–C) groups is 1. The normalized spacial score (nSPS) is 25.2. The predicted molar refractivity (Wildman–Crippen MR) is 107 cm³/mol. The van der Waals surface area contributed by atoms with Gasteiger partial charge in [-0.2, -0.15) is 0 Å². The first-order chi connectivity index (χ1) is 11.3. The molecular weight excluding hydrogens is 417 g/mol. The molecule has 0 amide bonds. The van der Waals surface area contributed by atoms with Crippen molar-refractivity contribution < 1.29 is 9.47 Å². The fourth-order valence-electron chi connectivity index (χ4n) is 3.36. The van der Waals surface area contributed by atoms with Gasteiger partial charge in [0.2, 0.25) is 0 Å². The van der Waals surface area contributed by atoms with Crippen LogP contribution in [0.4, 0.5) is 0 Å². The van der Waals surface area contributed by atoms with Crippen LogP contribution in [0.25, 0.3) is 0 Å². The second-order valence-electron chi connectivity index (χ2n) is 6.14. The number of ether oxygens (including phenoxy) is 2. The lowest BCUT2D eigenvalue weighted by Crippen LogP contribution is -2.47. The summed E-state index contributed by atoms with van der Waals surface area (Å²) in [5, 5.41) is 6.87. The van der Waals surface area contributed by atoms with Gasteiger partial charge in [0.1, 0.15) is 5.75 Å². The summed E-state index contributed by atoms with van der Waals surface area (Å²) in [7, 11) is 0. The number of nitrogens with one attached hydrogen (secondary N) is 2. The Hall–Kier alpha value is -1.02. The number of hydrogen-bond donors (Lipinski definition) is 2. The van der Waals surface area contributed by atoms with E-state index >= 15 is 0 Å². The molecule has 6 heteroatoms. The summed E-state index contributed by atoms with van der Waals surface area (Å²) in [5.41, 5.74) is 1.15. The van der Waals surface area contributed by atoms with Crippen LogP contribution >= 0.6 is 24.0 Å². The van der Waals surface area contributed by atoms with Crippen LogP contribution in [0.1, 0.15) is 38.7 Å². The first-order valence-electron chi connectivity index (χ1n) is 8.70. The molecule has 0 saturated carbocycles. The minimum absolute atomic E-state index is 0. The van der Waals surface area contributed by atoms with E-state index in [4.69, 9.17) is 14.5 Å². The van der Waals surface area contributed by atoms with E-state index in [9.17, 15) is 0 Å². The SMILES string of the molecule is CCNC(=NCc1cccc(OCC)c1)NC1CC2CCC1O2.I. The lowest BCUT2D eigenvalue weighted by atomic mass is 9.96. The predicted octanol–water partition coefficient (Wildman–Crippen LogP) is 3.08. The van der Waals surface area contributed by atoms with Crippen molar-refractivity contribution in [1.29, 1.82) is 0 Å². The van der Waals surface area contributed by atoms with E-state index in [-0.39, 0.29) is 24.0 Å². The molecule has 2 saturated heterocycles. The Balaban J connectivity index is 0.00000208. The largest absolute Gasteiger partial charge is 0.494 e. The third kappa shape index (κ3) is 4.99. The molecule has 0 aliphatic carbocycles. The van der Waals surface area contributed by atoms with Gasteiger partial charge >= 0.3 is 0 Å². The molecule has 5 nitrogen and oxygen atoms in total. The maximum atomic E-state index is 5.91. The molecule has 3 atom stereocenters. The fourth-order valence-corrected chi connectivity index (χ4v) is 3.36. The maximum absolute atomic E-state index is 5.91. The van der Waals surface area contributed by atoms with Crippen molar-refractivity contribution in [3.05, 3.63) is 29.8 Å². The summed E-state index contributed by atoms with van der Waals surface area (Å²) in [4.78, 5) is 4.72. The highest BCUT2D eigenvalue weighted by atomic mass is 127. The van der Waals surface area contributed by atoms with Crippen LogP contribution in [0, 0.1) is 0 Å². The van der Waals surface area contributed by atoms with E-state index in [2.05, 4.69) is 29.7 Å². The zero-order valence-electron chi connectivity index (χ0n) is 14.5. The van der Waals surface area contributed by atoms with E-state index in [0.717, 1.165) is 36.7 Å². The molecule has 2 bridgehead atoms. The van der Waals surface area contributed by atoms with Gasteiger partial charge < -0.3 is 20.1 Å². The average molecular weight is 445 g/mol. The van der Waals surface area contributed by atoms with Crippen LogP contribution in [0.2, 0.25) is 0 Å². The van der Waals surface area contributed by atoms with Crippen LogP contribution in [0.15, 0.2) is 29.3 Å². The minimum Gasteiger partial charge on any atom is -0.494 e. The second-order valence-corrected chi connectivity index (χ2v) is 6.14. The van der Waals surface area contributed by atoms with Gasteiger partial charge in [-0.05, 0) is 50.8 Å². The third-order valence-electron chi connectivity index (χ3n) is 4.40. The van der Waals surface area contributed by atoms with Gasteiger partial charge in [-0.15, -0.1) is 24.0 Å². The van der Waals surface area contributed by atoms with Crippen molar-refractivity contribution in [1.82, 2.24) is 10.6 Å². The maximum Gasteiger partial charge on any atom is 0.191 e. The van der Waals surface area contributed by atoms with Crippen LogP contribution in [-0.2, 0) is 11.3 Å². The molecule has 1 aromatic rings. The molecule has 3 unspecified atom stereocenters. The van der Waals surface area contributed by atoms with Gasteiger partial charge in [-0.1, -0.05) is 12.1 Å². The molecule has 2 aliphatic heterocycles. The van der Waals surface area contributed by atoms with Crippen LogP contribution in [0.5, 0.6) is 5.75 Å². The highest BCUT2D eigenvalue weighted by Gasteiger charge is 2.41. The Kier molecular flexibility index (Phi) is 7.61. The fraction of sp³-hybridized carbons (Fsp3) is 0.611. The van der Waals surface area contributed by atoms with Crippen molar-refractivity contribution in [2.45, 2.75) is 57.9 Å². The number of rotatable bonds is 6. The van der Waals surface area contributed by atoms with E-state index in [1.807, 2.05) is 19.1 Å². The highest BCUT2D eigenvalue weighted by Crippen LogP contribution is 2.34. The van der Waals surface area contributed by atoms with Gasteiger partial charge in [0.05, 0.1) is 31.4 Å². The van der Waals surface area contributed by atoms with Crippen LogP contribution in [0.3, 0.4) is 0 Å². The Morgan fingerprint density at radius 1 is 1.33 bits per heavy atom. The molecule has 2 aliphatic rings. The summed E-state index contributed by atoms with van der Waals surface area (Å²) in [6.07, 6.45) is 4.27. The Labute approximate surface area is 161 Å². The van der Waals surface area contributed by atoms with E-state index in [1.165, 1.54) is 6.42 Å². The quantitative estimate of drug-likeness (QED) is 0.402. The number of nitrogens with zero attached hydrogens (tertiary/aromatic N) is 1. The van der Waals surface area contributed by atoms with Crippen LogP contribution in [-0.4, -0.2) is 37.4 Å². The molecule has 2 fully saturated rings. The number of benzene rings is 1. The lowest BCUT2D eigenvalue weighted by Gasteiger charge is -2.22. The van der Waals surface area contributed by atoms with Gasteiger partial charge in [0, 0.05) is 6.54 Å². The standard InChI is InChI=1S/C18H27N3O2.HI/c1-3-19-18(21-16-11-15-8-9-17(16)23-15)20-12-13-6-5-7-14(10-13)22-4-2;/h5-7,10,15-17H,3-4,8-9,11-12H2,1-2H3,(H2,19,20,21);1H. The Bertz CT molecular complexity index is 553. The Morgan fingerprint density at radius 2 is 2.21 bits per heavy atom. The van der Waals surface area contributed by atoms with E-state index in [0.29, 0.717) is 31.4 Å². The molecule has 1 aromatic carbocycles. The lowest BCUT2D eigenvalue weighted by molar-refractivity contribution is 0.0992. The van der Waals surface area contributed by atoms with Crippen molar-refractivity contribution in [3.63, 3.8) is 0 Å². The molecule has 0 radical (unpaired) electrons. The molecule has 2 heterocycles.